The minimum atomic E-state index is -0.295. The smallest absolute Gasteiger partial charge is 0.255 e. The number of hydrogen-bond donors (Lipinski definition) is 2. The fourth-order valence-electron chi connectivity index (χ4n) is 1.81. The number of amides is 1. The Hall–Kier alpha value is -1.52. The Morgan fingerprint density at radius 3 is 2.89 bits per heavy atom. The molecule has 1 heterocycles. The minimum absolute atomic E-state index is 0.00261. The summed E-state index contributed by atoms with van der Waals surface area (Å²) >= 11 is 7.37. The Morgan fingerprint density at radius 1 is 1.47 bits per heavy atom. The third-order valence-electron chi connectivity index (χ3n) is 2.70. The summed E-state index contributed by atoms with van der Waals surface area (Å²) < 4.78 is 0. The van der Waals surface area contributed by atoms with Crippen LogP contribution in [-0.4, -0.2) is 17.1 Å². The number of halogens is 1. The molecule has 2 rings (SSSR count). The van der Waals surface area contributed by atoms with E-state index in [0.717, 1.165) is 6.42 Å². The van der Waals surface area contributed by atoms with Gasteiger partial charge in [-0.1, -0.05) is 11.6 Å². The molecule has 0 saturated carbocycles. The topological polar surface area (TPSA) is 49.3 Å². The zero-order valence-electron chi connectivity index (χ0n) is 10.4. The molecule has 1 aromatic carbocycles. The fourth-order valence-corrected chi connectivity index (χ4v) is 2.66. The molecule has 2 N–H and O–H groups in total. The number of benzene rings is 1. The molecule has 0 aliphatic heterocycles. The van der Waals surface area contributed by atoms with E-state index in [0.29, 0.717) is 5.02 Å². The van der Waals surface area contributed by atoms with Crippen LogP contribution < -0.4 is 5.32 Å². The first kappa shape index (κ1) is 13.9. The Morgan fingerprint density at radius 2 is 2.26 bits per heavy atom. The highest BCUT2D eigenvalue weighted by Gasteiger charge is 2.14. The van der Waals surface area contributed by atoms with Crippen LogP contribution in [0.5, 0.6) is 5.75 Å². The van der Waals surface area contributed by atoms with E-state index < -0.39 is 0 Å². The van der Waals surface area contributed by atoms with Crippen LogP contribution in [0.25, 0.3) is 0 Å². The second kappa shape index (κ2) is 6.08. The summed E-state index contributed by atoms with van der Waals surface area (Å²) in [5.41, 5.74) is 1.43. The predicted molar refractivity (Wildman–Crippen MR) is 78.1 cm³/mol. The molecule has 3 nitrogen and oxygen atoms in total. The van der Waals surface area contributed by atoms with Crippen molar-refractivity contribution in [1.82, 2.24) is 5.32 Å². The van der Waals surface area contributed by atoms with Gasteiger partial charge >= 0.3 is 0 Å². The van der Waals surface area contributed by atoms with Gasteiger partial charge in [-0.15, -0.1) is 0 Å². The molecule has 0 spiro atoms. The molecular weight excluding hydrogens is 282 g/mol. The molecule has 0 aliphatic carbocycles. The van der Waals surface area contributed by atoms with Crippen molar-refractivity contribution in [2.75, 3.05) is 0 Å². The minimum Gasteiger partial charge on any atom is -0.507 e. The van der Waals surface area contributed by atoms with Gasteiger partial charge in [-0.3, -0.25) is 4.79 Å². The molecule has 0 fully saturated rings. The number of phenols is 1. The van der Waals surface area contributed by atoms with Crippen LogP contribution in [0.3, 0.4) is 0 Å². The maximum atomic E-state index is 12.0. The number of aromatic hydroxyl groups is 1. The lowest BCUT2D eigenvalue weighted by molar-refractivity contribution is 0.0937. The van der Waals surface area contributed by atoms with Gasteiger partial charge in [-0.2, -0.15) is 11.3 Å². The van der Waals surface area contributed by atoms with Crippen molar-refractivity contribution in [3.8, 4) is 5.75 Å². The average Bonchev–Trinajstić information content (AvgIpc) is 2.81. The normalized spacial score (nSPS) is 12.1. The fraction of sp³-hybridized carbons (Fsp3) is 0.214. The lowest BCUT2D eigenvalue weighted by Gasteiger charge is -2.13. The second-order valence-electron chi connectivity index (χ2n) is 4.37. The lowest BCUT2D eigenvalue weighted by Crippen LogP contribution is -2.34. The molecule has 5 heteroatoms. The Balaban J connectivity index is 2.00. The quantitative estimate of drug-likeness (QED) is 0.907. The zero-order valence-corrected chi connectivity index (χ0v) is 12.0. The molecule has 0 radical (unpaired) electrons. The number of carbonyl (C=O) groups is 1. The van der Waals surface area contributed by atoms with Crippen molar-refractivity contribution in [2.45, 2.75) is 19.4 Å². The summed E-state index contributed by atoms with van der Waals surface area (Å²) in [6.07, 6.45) is 0.767. The SMILES string of the molecule is CC(Cc1ccsc1)NC(=O)c1ccc(Cl)cc1O. The van der Waals surface area contributed by atoms with Crippen LogP contribution in [0.2, 0.25) is 5.02 Å². The third kappa shape index (κ3) is 3.72. The van der Waals surface area contributed by atoms with Crippen molar-refractivity contribution in [1.29, 1.82) is 0 Å². The van der Waals surface area contributed by atoms with E-state index in [1.54, 1.807) is 17.4 Å². The largest absolute Gasteiger partial charge is 0.507 e. The van der Waals surface area contributed by atoms with Gasteiger partial charge in [0.25, 0.3) is 5.91 Å². The van der Waals surface area contributed by atoms with E-state index in [9.17, 15) is 9.90 Å². The highest BCUT2D eigenvalue weighted by molar-refractivity contribution is 7.07. The van der Waals surface area contributed by atoms with Gasteiger partial charge in [0.1, 0.15) is 5.75 Å². The first-order chi connectivity index (χ1) is 9.06. The van der Waals surface area contributed by atoms with E-state index in [-0.39, 0.29) is 23.3 Å². The first-order valence-corrected chi connectivity index (χ1v) is 7.19. The number of nitrogens with one attached hydrogen (secondary N) is 1. The summed E-state index contributed by atoms with van der Waals surface area (Å²) in [6, 6.07) is 6.49. The maximum Gasteiger partial charge on any atom is 0.255 e. The van der Waals surface area contributed by atoms with Crippen molar-refractivity contribution >= 4 is 28.8 Å². The molecule has 100 valence electrons. The summed E-state index contributed by atoms with van der Waals surface area (Å²) in [5, 5.41) is 17.0. The molecule has 19 heavy (non-hydrogen) atoms. The average molecular weight is 296 g/mol. The summed E-state index contributed by atoms with van der Waals surface area (Å²) in [6.45, 7) is 1.93. The molecule has 1 unspecified atom stereocenters. The lowest BCUT2D eigenvalue weighted by atomic mass is 10.1. The van der Waals surface area contributed by atoms with Gasteiger partial charge in [0.15, 0.2) is 0 Å². The van der Waals surface area contributed by atoms with Gasteiger partial charge in [0.05, 0.1) is 5.56 Å². The van der Waals surface area contributed by atoms with Crippen molar-refractivity contribution in [3.05, 3.63) is 51.2 Å². The van der Waals surface area contributed by atoms with E-state index in [1.165, 1.54) is 17.7 Å². The van der Waals surface area contributed by atoms with E-state index in [4.69, 9.17) is 11.6 Å². The van der Waals surface area contributed by atoms with Crippen LogP contribution in [0, 0.1) is 0 Å². The van der Waals surface area contributed by atoms with E-state index in [2.05, 4.69) is 10.7 Å². The zero-order chi connectivity index (χ0) is 13.8. The molecule has 1 aromatic heterocycles. The highest BCUT2D eigenvalue weighted by atomic mass is 35.5. The number of thiophene rings is 1. The number of rotatable bonds is 4. The monoisotopic (exact) mass is 295 g/mol. The van der Waals surface area contributed by atoms with Gasteiger partial charge in [0, 0.05) is 11.1 Å². The van der Waals surface area contributed by atoms with E-state index in [1.807, 2.05) is 18.4 Å². The summed E-state index contributed by atoms with van der Waals surface area (Å²) in [5.74, 6) is -0.398. The van der Waals surface area contributed by atoms with Gasteiger partial charge < -0.3 is 10.4 Å². The van der Waals surface area contributed by atoms with E-state index >= 15 is 0 Å². The second-order valence-corrected chi connectivity index (χ2v) is 5.59. The predicted octanol–water partition coefficient (Wildman–Crippen LogP) is 3.47. The van der Waals surface area contributed by atoms with Crippen LogP contribution in [0.4, 0.5) is 0 Å². The molecular formula is C14H14ClNO2S. The van der Waals surface area contributed by atoms with Crippen molar-refractivity contribution in [2.24, 2.45) is 0 Å². The third-order valence-corrected chi connectivity index (χ3v) is 3.67. The summed E-state index contributed by atoms with van der Waals surface area (Å²) in [7, 11) is 0. The van der Waals surface area contributed by atoms with Gasteiger partial charge in [-0.05, 0) is 53.9 Å². The van der Waals surface area contributed by atoms with Crippen LogP contribution in [0.15, 0.2) is 35.0 Å². The molecule has 2 aromatic rings. The Bertz CT molecular complexity index is 569. The van der Waals surface area contributed by atoms with Crippen molar-refractivity contribution in [3.63, 3.8) is 0 Å². The number of phenolic OH excluding ortho intramolecular Hbond substituents is 1. The molecule has 0 aliphatic rings. The molecule has 1 amide bonds. The standard InChI is InChI=1S/C14H14ClNO2S/c1-9(6-10-4-5-19-8-10)16-14(18)12-3-2-11(15)7-13(12)17/h2-5,7-9,17H,6H2,1H3,(H,16,18). The van der Waals surface area contributed by atoms with Gasteiger partial charge in [0.2, 0.25) is 0 Å². The maximum absolute atomic E-state index is 12.0. The summed E-state index contributed by atoms with van der Waals surface area (Å²) in [4.78, 5) is 12.0. The molecule has 1 atom stereocenters. The molecule has 0 saturated heterocycles. The van der Waals surface area contributed by atoms with Crippen LogP contribution >= 0.6 is 22.9 Å². The van der Waals surface area contributed by atoms with Crippen molar-refractivity contribution < 1.29 is 9.90 Å². The number of carbonyl (C=O) groups excluding carboxylic acids is 1. The van der Waals surface area contributed by atoms with Gasteiger partial charge in [-0.25, -0.2) is 0 Å². The Labute approximate surface area is 120 Å². The number of hydrogen-bond acceptors (Lipinski definition) is 3. The highest BCUT2D eigenvalue weighted by Crippen LogP contribution is 2.22. The Kier molecular flexibility index (Phi) is 4.45. The first-order valence-electron chi connectivity index (χ1n) is 5.86. The van der Waals surface area contributed by atoms with Crippen LogP contribution in [-0.2, 0) is 6.42 Å². The molecule has 0 bridgehead atoms. The van der Waals surface area contributed by atoms with Crippen LogP contribution in [0.1, 0.15) is 22.8 Å².